The van der Waals surface area contributed by atoms with Gasteiger partial charge in [0.15, 0.2) is 0 Å². The summed E-state index contributed by atoms with van der Waals surface area (Å²) >= 11 is 0. The van der Waals surface area contributed by atoms with Crippen molar-refractivity contribution >= 4 is 0 Å². The second-order valence-electron chi connectivity index (χ2n) is 9.56. The van der Waals surface area contributed by atoms with E-state index in [2.05, 4.69) is 0 Å². The lowest BCUT2D eigenvalue weighted by atomic mass is 9.82. The Balaban J connectivity index is 1.50. The first kappa shape index (κ1) is 23.6. The van der Waals surface area contributed by atoms with Crippen LogP contribution in [0.2, 0.25) is 0 Å². The van der Waals surface area contributed by atoms with E-state index < -0.39 is 24.2 Å². The topological polar surface area (TPSA) is 160 Å². The van der Waals surface area contributed by atoms with Gasteiger partial charge in [-0.25, -0.2) is 0 Å². The van der Waals surface area contributed by atoms with Gasteiger partial charge in [0.1, 0.15) is 58.2 Å². The van der Waals surface area contributed by atoms with Gasteiger partial charge in [-0.15, -0.1) is 0 Å². The van der Waals surface area contributed by atoms with Gasteiger partial charge in [-0.05, 0) is 47.5 Å². The summed E-state index contributed by atoms with van der Waals surface area (Å²) in [6.45, 7) is 0. The predicted octanol–water partition coefficient (Wildman–Crippen LogP) is 4.22. The molecule has 0 bridgehead atoms. The maximum atomic E-state index is 11.2. The second-order valence-corrected chi connectivity index (χ2v) is 9.56. The number of ether oxygens (including phenoxy) is 2. The Hall–Kier alpha value is -4.76. The number of fused-ring (bicyclic) bond motifs is 3. The third-order valence-corrected chi connectivity index (χ3v) is 7.06. The maximum Gasteiger partial charge on any atom is 0.150 e. The highest BCUT2D eigenvalue weighted by Crippen LogP contribution is 2.59. The van der Waals surface area contributed by atoms with E-state index in [1.807, 2.05) is 0 Å². The molecule has 6 rings (SSSR count). The van der Waals surface area contributed by atoms with Crippen LogP contribution in [0.4, 0.5) is 0 Å². The van der Waals surface area contributed by atoms with Crippen molar-refractivity contribution in [3.05, 3.63) is 94.5 Å². The van der Waals surface area contributed by atoms with Crippen LogP contribution in [0.15, 0.2) is 66.7 Å². The van der Waals surface area contributed by atoms with Crippen LogP contribution in [0, 0.1) is 0 Å². The first-order valence-electron chi connectivity index (χ1n) is 11.9. The molecule has 38 heavy (non-hydrogen) atoms. The Kier molecular flexibility index (Phi) is 5.39. The van der Waals surface area contributed by atoms with Gasteiger partial charge in [-0.3, -0.25) is 0 Å². The van der Waals surface area contributed by atoms with Gasteiger partial charge < -0.3 is 45.2 Å². The van der Waals surface area contributed by atoms with Crippen molar-refractivity contribution in [1.29, 1.82) is 0 Å². The quantitative estimate of drug-likeness (QED) is 0.211. The molecule has 9 nitrogen and oxygen atoms in total. The number of aliphatic hydroxyl groups is 1. The Morgan fingerprint density at radius 3 is 1.97 bits per heavy atom. The number of phenols is 6. The summed E-state index contributed by atoms with van der Waals surface area (Å²) in [5.74, 6) is -1.10. The Labute approximate surface area is 216 Å². The minimum absolute atomic E-state index is 0.0795. The second kappa shape index (κ2) is 8.67. The van der Waals surface area contributed by atoms with Crippen LogP contribution in [-0.2, 0) is 6.42 Å². The first-order chi connectivity index (χ1) is 18.2. The molecule has 0 spiro atoms. The minimum atomic E-state index is -0.978. The van der Waals surface area contributed by atoms with Crippen LogP contribution in [0.3, 0.4) is 0 Å². The standard InChI is InChI=1S/C29H24O9/c30-15-3-1-13(2-4-15)27-23(36)11-20-24(37-27)12-22(35)26-25(14-7-17(32)9-18(33)8-14)28(38-29(20)26)19-6-5-16(31)10-21(19)34/h1-10,12,23,25,27-28,30-36H,11H2/t23-,25?,27+,28?/m0/s1. The number of aliphatic hydroxyl groups excluding tert-OH is 1. The SMILES string of the molecule is Oc1ccc([C@H]2Oc3cc(O)c4c(c3C[C@@H]2O)OC(c2ccc(O)cc2O)C4c2cc(O)cc(O)c2)cc1. The summed E-state index contributed by atoms with van der Waals surface area (Å²) in [5.41, 5.74) is 2.20. The molecule has 2 aliphatic heterocycles. The summed E-state index contributed by atoms with van der Waals surface area (Å²) in [6.07, 6.45) is -2.53. The third kappa shape index (κ3) is 3.84. The molecule has 2 aliphatic rings. The summed E-state index contributed by atoms with van der Waals surface area (Å²) in [4.78, 5) is 0. The predicted molar refractivity (Wildman–Crippen MR) is 134 cm³/mol. The molecule has 9 heteroatoms. The Morgan fingerprint density at radius 2 is 1.29 bits per heavy atom. The number of phenolic OH excluding ortho intramolecular Hbond substituents is 6. The normalized spacial score (nSPS) is 21.7. The lowest BCUT2D eigenvalue weighted by molar-refractivity contribution is 0.0194. The number of aromatic hydroxyl groups is 6. The van der Waals surface area contributed by atoms with Crippen molar-refractivity contribution in [1.82, 2.24) is 0 Å². The molecule has 4 atom stereocenters. The fraction of sp³-hybridized carbons (Fsp3) is 0.172. The number of hydrogen-bond donors (Lipinski definition) is 7. The molecule has 194 valence electrons. The molecule has 0 aliphatic carbocycles. The van der Waals surface area contributed by atoms with Gasteiger partial charge in [0, 0.05) is 41.3 Å². The summed E-state index contributed by atoms with van der Waals surface area (Å²) in [6, 6.07) is 15.8. The molecular formula is C29H24O9. The van der Waals surface area contributed by atoms with E-state index in [4.69, 9.17) is 9.47 Å². The van der Waals surface area contributed by atoms with Crippen molar-refractivity contribution in [2.45, 2.75) is 30.7 Å². The van der Waals surface area contributed by atoms with Gasteiger partial charge in [0.2, 0.25) is 0 Å². The summed E-state index contributed by atoms with van der Waals surface area (Å²) < 4.78 is 12.5. The zero-order valence-electron chi connectivity index (χ0n) is 19.8. The lowest BCUT2D eigenvalue weighted by Gasteiger charge is -2.32. The molecule has 4 aromatic carbocycles. The molecule has 0 fully saturated rings. The highest BCUT2D eigenvalue weighted by molar-refractivity contribution is 5.65. The smallest absolute Gasteiger partial charge is 0.150 e. The molecule has 0 radical (unpaired) electrons. The fourth-order valence-corrected chi connectivity index (χ4v) is 5.40. The molecular weight excluding hydrogens is 492 g/mol. The fourth-order valence-electron chi connectivity index (χ4n) is 5.40. The zero-order valence-corrected chi connectivity index (χ0v) is 19.8. The van der Waals surface area contributed by atoms with E-state index in [1.54, 1.807) is 12.1 Å². The van der Waals surface area contributed by atoms with Crippen LogP contribution < -0.4 is 9.47 Å². The monoisotopic (exact) mass is 516 g/mol. The Morgan fingerprint density at radius 1 is 0.605 bits per heavy atom. The van der Waals surface area contributed by atoms with Crippen molar-refractivity contribution in [3.63, 3.8) is 0 Å². The summed E-state index contributed by atoms with van der Waals surface area (Å²) in [7, 11) is 0. The van der Waals surface area contributed by atoms with Gasteiger partial charge in [0.25, 0.3) is 0 Å². The van der Waals surface area contributed by atoms with Crippen LogP contribution in [0.25, 0.3) is 0 Å². The van der Waals surface area contributed by atoms with Gasteiger partial charge in [-0.1, -0.05) is 12.1 Å². The average molecular weight is 517 g/mol. The van der Waals surface area contributed by atoms with E-state index in [0.717, 1.165) is 0 Å². The van der Waals surface area contributed by atoms with Gasteiger partial charge >= 0.3 is 0 Å². The van der Waals surface area contributed by atoms with E-state index in [1.165, 1.54) is 54.6 Å². The van der Waals surface area contributed by atoms with E-state index in [-0.39, 0.29) is 46.7 Å². The Bertz CT molecular complexity index is 1530. The minimum Gasteiger partial charge on any atom is -0.508 e. The van der Waals surface area contributed by atoms with Crippen molar-refractivity contribution < 1.29 is 45.2 Å². The third-order valence-electron chi connectivity index (χ3n) is 7.06. The highest BCUT2D eigenvalue weighted by Gasteiger charge is 2.45. The number of rotatable bonds is 3. The van der Waals surface area contributed by atoms with Gasteiger partial charge in [0.05, 0.1) is 12.0 Å². The molecule has 2 heterocycles. The van der Waals surface area contributed by atoms with E-state index in [0.29, 0.717) is 33.6 Å². The van der Waals surface area contributed by atoms with E-state index >= 15 is 0 Å². The molecule has 2 unspecified atom stereocenters. The van der Waals surface area contributed by atoms with Crippen LogP contribution in [0.1, 0.15) is 45.9 Å². The van der Waals surface area contributed by atoms with Crippen LogP contribution in [0.5, 0.6) is 46.0 Å². The van der Waals surface area contributed by atoms with Crippen molar-refractivity contribution in [3.8, 4) is 46.0 Å². The molecule has 0 saturated heterocycles. The zero-order chi connectivity index (χ0) is 26.7. The van der Waals surface area contributed by atoms with Crippen LogP contribution in [-0.4, -0.2) is 41.8 Å². The molecule has 0 amide bonds. The largest absolute Gasteiger partial charge is 0.508 e. The van der Waals surface area contributed by atoms with Crippen LogP contribution >= 0.6 is 0 Å². The van der Waals surface area contributed by atoms with E-state index in [9.17, 15) is 35.7 Å². The molecule has 0 saturated carbocycles. The highest BCUT2D eigenvalue weighted by atomic mass is 16.5. The van der Waals surface area contributed by atoms with Gasteiger partial charge in [-0.2, -0.15) is 0 Å². The first-order valence-corrected chi connectivity index (χ1v) is 11.9. The molecule has 4 aromatic rings. The summed E-state index contributed by atoms with van der Waals surface area (Å²) in [5, 5.41) is 72.7. The van der Waals surface area contributed by atoms with Crippen molar-refractivity contribution in [2.24, 2.45) is 0 Å². The number of hydrogen-bond acceptors (Lipinski definition) is 9. The van der Waals surface area contributed by atoms with Crippen molar-refractivity contribution in [2.75, 3.05) is 0 Å². The lowest BCUT2D eigenvalue weighted by Crippen LogP contribution is -2.30. The maximum absolute atomic E-state index is 11.2. The molecule has 0 aromatic heterocycles. The number of benzene rings is 4. The average Bonchev–Trinajstić information content (AvgIpc) is 3.26. The molecule has 7 N–H and O–H groups in total.